The summed E-state index contributed by atoms with van der Waals surface area (Å²) in [5, 5.41) is 0. The van der Waals surface area contributed by atoms with Gasteiger partial charge in [0.2, 0.25) is 0 Å². The highest BCUT2D eigenvalue weighted by atomic mass is 19.1. The molecule has 6 heteroatoms. The third-order valence-electron chi connectivity index (χ3n) is 3.60. The van der Waals surface area contributed by atoms with E-state index in [1.165, 1.54) is 19.2 Å². The highest BCUT2D eigenvalue weighted by Gasteiger charge is 2.28. The maximum absolute atomic E-state index is 12.9. The van der Waals surface area contributed by atoms with Crippen LogP contribution in [0.1, 0.15) is 18.4 Å². The highest BCUT2D eigenvalue weighted by Crippen LogP contribution is 2.21. The van der Waals surface area contributed by atoms with Gasteiger partial charge in [-0.25, -0.2) is 9.18 Å². The maximum atomic E-state index is 12.9. The first-order valence-electron chi connectivity index (χ1n) is 7.05. The lowest BCUT2D eigenvalue weighted by atomic mass is 10.1. The molecule has 2 N–H and O–H groups in total. The van der Waals surface area contributed by atoms with Crippen molar-refractivity contribution in [2.45, 2.75) is 31.6 Å². The number of hydrogen-bond acceptors (Lipinski definition) is 4. The molecule has 1 saturated heterocycles. The van der Waals surface area contributed by atoms with Crippen LogP contribution in [0.5, 0.6) is 0 Å². The summed E-state index contributed by atoms with van der Waals surface area (Å²) in [5.41, 5.74) is 6.43. The summed E-state index contributed by atoms with van der Waals surface area (Å²) in [7, 11) is 1.35. The Labute approximate surface area is 123 Å². The van der Waals surface area contributed by atoms with Crippen LogP contribution in [0.2, 0.25) is 0 Å². The minimum absolute atomic E-state index is 0.0295. The van der Waals surface area contributed by atoms with Crippen LogP contribution < -0.4 is 5.73 Å². The highest BCUT2D eigenvalue weighted by molar-refractivity contribution is 5.67. The molecule has 1 aromatic rings. The van der Waals surface area contributed by atoms with Crippen molar-refractivity contribution < 1.29 is 18.7 Å². The lowest BCUT2D eigenvalue weighted by Crippen LogP contribution is -2.37. The van der Waals surface area contributed by atoms with Crippen molar-refractivity contribution in [1.29, 1.82) is 0 Å². The summed E-state index contributed by atoms with van der Waals surface area (Å²) in [4.78, 5) is 13.4. The minimum atomic E-state index is -0.417. The average molecular weight is 296 g/mol. The van der Waals surface area contributed by atoms with Gasteiger partial charge in [0, 0.05) is 13.1 Å². The summed E-state index contributed by atoms with van der Waals surface area (Å²) in [6, 6.07) is 6.07. The van der Waals surface area contributed by atoms with Crippen LogP contribution in [0, 0.1) is 5.82 Å². The van der Waals surface area contributed by atoms with Gasteiger partial charge in [-0.15, -0.1) is 0 Å². The van der Waals surface area contributed by atoms with Gasteiger partial charge in [0.05, 0.1) is 25.9 Å². The predicted molar refractivity (Wildman–Crippen MR) is 76.2 cm³/mol. The van der Waals surface area contributed by atoms with Crippen LogP contribution in [0.4, 0.5) is 9.18 Å². The van der Waals surface area contributed by atoms with Crippen LogP contribution in [-0.4, -0.2) is 43.4 Å². The molecular formula is C15H21FN2O3. The molecule has 1 aliphatic rings. The van der Waals surface area contributed by atoms with Crippen LogP contribution in [0.25, 0.3) is 0 Å². The van der Waals surface area contributed by atoms with E-state index in [1.54, 1.807) is 17.0 Å². The quantitative estimate of drug-likeness (QED) is 0.901. The number of rotatable bonds is 5. The minimum Gasteiger partial charge on any atom is -0.453 e. The second kappa shape index (κ2) is 7.38. The van der Waals surface area contributed by atoms with E-state index in [0.29, 0.717) is 19.6 Å². The SMILES string of the molecule is COC(=O)N(Cc1ccc(F)cc1)CC1CCC(CN)O1. The number of nitrogens with zero attached hydrogens (tertiary/aromatic N) is 1. The summed E-state index contributed by atoms with van der Waals surface area (Å²) >= 11 is 0. The number of amides is 1. The van der Waals surface area contributed by atoms with E-state index in [9.17, 15) is 9.18 Å². The van der Waals surface area contributed by atoms with Gasteiger partial charge in [-0.1, -0.05) is 12.1 Å². The van der Waals surface area contributed by atoms with Gasteiger partial charge < -0.3 is 20.1 Å². The Morgan fingerprint density at radius 3 is 2.62 bits per heavy atom. The first kappa shape index (κ1) is 15.7. The van der Waals surface area contributed by atoms with E-state index < -0.39 is 6.09 Å². The van der Waals surface area contributed by atoms with Crippen molar-refractivity contribution in [2.75, 3.05) is 20.2 Å². The number of carbonyl (C=O) groups is 1. The number of ether oxygens (including phenoxy) is 2. The molecule has 5 nitrogen and oxygen atoms in total. The Hall–Kier alpha value is -1.66. The number of benzene rings is 1. The average Bonchev–Trinajstić information content (AvgIpc) is 2.95. The second-order valence-corrected chi connectivity index (χ2v) is 5.17. The molecule has 1 amide bonds. The number of methoxy groups -OCH3 is 1. The van der Waals surface area contributed by atoms with Crippen molar-refractivity contribution in [3.8, 4) is 0 Å². The van der Waals surface area contributed by atoms with Crippen molar-refractivity contribution >= 4 is 6.09 Å². The molecule has 1 aliphatic heterocycles. The fourth-order valence-corrected chi connectivity index (χ4v) is 2.48. The maximum Gasteiger partial charge on any atom is 0.409 e. The molecule has 0 radical (unpaired) electrons. The standard InChI is InChI=1S/C15H21FN2O3/c1-20-15(19)18(9-11-2-4-12(16)5-3-11)10-14-7-6-13(8-17)21-14/h2-5,13-14H,6-10,17H2,1H3. The fourth-order valence-electron chi connectivity index (χ4n) is 2.48. The molecule has 1 fully saturated rings. The first-order valence-corrected chi connectivity index (χ1v) is 7.05. The van der Waals surface area contributed by atoms with E-state index in [1.807, 2.05) is 0 Å². The van der Waals surface area contributed by atoms with E-state index in [0.717, 1.165) is 18.4 Å². The molecule has 2 atom stereocenters. The normalized spacial score (nSPS) is 21.3. The molecule has 0 spiro atoms. The Balaban J connectivity index is 1.98. The lowest BCUT2D eigenvalue weighted by Gasteiger charge is -2.24. The van der Waals surface area contributed by atoms with Gasteiger partial charge in [-0.2, -0.15) is 0 Å². The second-order valence-electron chi connectivity index (χ2n) is 5.17. The molecule has 1 heterocycles. The Kier molecular flexibility index (Phi) is 5.52. The molecule has 0 saturated carbocycles. The summed E-state index contributed by atoms with van der Waals surface area (Å²) in [6.07, 6.45) is 1.41. The molecule has 2 unspecified atom stereocenters. The largest absolute Gasteiger partial charge is 0.453 e. The van der Waals surface area contributed by atoms with Crippen molar-refractivity contribution in [1.82, 2.24) is 4.90 Å². The molecule has 21 heavy (non-hydrogen) atoms. The van der Waals surface area contributed by atoms with Gasteiger partial charge in [0.1, 0.15) is 5.82 Å². The zero-order valence-electron chi connectivity index (χ0n) is 12.1. The molecule has 116 valence electrons. The summed E-state index contributed by atoms with van der Waals surface area (Å²) < 4.78 is 23.5. The van der Waals surface area contributed by atoms with Crippen molar-refractivity contribution in [2.24, 2.45) is 5.73 Å². The molecule has 1 aromatic carbocycles. The van der Waals surface area contributed by atoms with E-state index in [4.69, 9.17) is 15.2 Å². The van der Waals surface area contributed by atoms with Crippen LogP contribution in [0.3, 0.4) is 0 Å². The number of carbonyl (C=O) groups excluding carboxylic acids is 1. The third-order valence-corrected chi connectivity index (χ3v) is 3.60. The number of halogens is 1. The van der Waals surface area contributed by atoms with Gasteiger partial charge in [0.25, 0.3) is 0 Å². The Morgan fingerprint density at radius 2 is 2.05 bits per heavy atom. The fraction of sp³-hybridized carbons (Fsp3) is 0.533. The van der Waals surface area contributed by atoms with Crippen LogP contribution in [0.15, 0.2) is 24.3 Å². The molecule has 2 rings (SSSR count). The molecule has 0 aromatic heterocycles. The smallest absolute Gasteiger partial charge is 0.409 e. The zero-order valence-corrected chi connectivity index (χ0v) is 12.1. The Bertz CT molecular complexity index is 466. The van der Waals surface area contributed by atoms with Gasteiger partial charge >= 0.3 is 6.09 Å². The third kappa shape index (κ3) is 4.41. The summed E-state index contributed by atoms with van der Waals surface area (Å²) in [6.45, 7) is 1.30. The van der Waals surface area contributed by atoms with Crippen LogP contribution in [-0.2, 0) is 16.0 Å². The number of hydrogen-bond donors (Lipinski definition) is 1. The van der Waals surface area contributed by atoms with Crippen molar-refractivity contribution in [3.05, 3.63) is 35.6 Å². The van der Waals surface area contributed by atoms with Crippen molar-refractivity contribution in [3.63, 3.8) is 0 Å². The Morgan fingerprint density at radius 1 is 1.38 bits per heavy atom. The monoisotopic (exact) mass is 296 g/mol. The van der Waals surface area contributed by atoms with Gasteiger partial charge in [0.15, 0.2) is 0 Å². The first-order chi connectivity index (χ1) is 10.1. The topological polar surface area (TPSA) is 64.8 Å². The lowest BCUT2D eigenvalue weighted by molar-refractivity contribution is 0.0241. The van der Waals surface area contributed by atoms with E-state index in [2.05, 4.69) is 0 Å². The van der Waals surface area contributed by atoms with Crippen LogP contribution >= 0.6 is 0 Å². The summed E-state index contributed by atoms with van der Waals surface area (Å²) in [5.74, 6) is -0.298. The van der Waals surface area contributed by atoms with E-state index >= 15 is 0 Å². The predicted octanol–water partition coefficient (Wildman–Crippen LogP) is 1.90. The number of nitrogens with two attached hydrogens (primary N) is 1. The molecular weight excluding hydrogens is 275 g/mol. The van der Waals surface area contributed by atoms with E-state index in [-0.39, 0.29) is 18.0 Å². The van der Waals surface area contributed by atoms with Gasteiger partial charge in [-0.3, -0.25) is 0 Å². The van der Waals surface area contributed by atoms with Gasteiger partial charge in [-0.05, 0) is 30.5 Å². The zero-order chi connectivity index (χ0) is 15.2. The molecule has 0 bridgehead atoms. The molecule has 0 aliphatic carbocycles.